The van der Waals surface area contributed by atoms with E-state index < -0.39 is 0 Å². The van der Waals surface area contributed by atoms with Crippen molar-refractivity contribution in [1.29, 1.82) is 0 Å². The molecule has 3 N–H and O–H groups in total. The second kappa shape index (κ2) is 8.24. The first-order valence-corrected chi connectivity index (χ1v) is 7.86. The van der Waals surface area contributed by atoms with E-state index in [1.165, 1.54) is 0 Å². The maximum Gasteiger partial charge on any atom is 0.242 e. The fraction of sp³-hybridized carbons (Fsp3) is 0.235. The smallest absolute Gasteiger partial charge is 0.242 e. The molecule has 5 nitrogen and oxygen atoms in total. The number of nitrogens with one attached hydrogen (secondary N) is 3. The van der Waals surface area contributed by atoms with Crippen molar-refractivity contribution in [1.82, 2.24) is 16.2 Å². The zero-order valence-electron chi connectivity index (χ0n) is 12.9. The Morgan fingerprint density at radius 1 is 1.00 bits per heavy atom. The number of hydrazine groups is 1. The molecule has 0 bridgehead atoms. The van der Waals surface area contributed by atoms with Gasteiger partial charge in [0.05, 0.1) is 6.42 Å². The number of carbonyl (C=O) groups is 2. The van der Waals surface area contributed by atoms with Gasteiger partial charge in [0.25, 0.3) is 0 Å². The van der Waals surface area contributed by atoms with Gasteiger partial charge in [0.15, 0.2) is 5.11 Å². The van der Waals surface area contributed by atoms with E-state index in [1.807, 2.05) is 49.4 Å². The standard InChI is InChI=1S/C17H19N3O2S/c1-2-6-15(21)18-17(23)20-19-16(22)11-13-9-5-8-12-7-3-4-10-14(12)13/h3-5,7-10H,2,6,11H2,1H3,(H,19,22)(H2,18,20,21,23). The first-order chi connectivity index (χ1) is 11.1. The molecule has 6 heteroatoms. The predicted octanol–water partition coefficient (Wildman–Crippen LogP) is 2.20. The van der Waals surface area contributed by atoms with Gasteiger partial charge in [-0.1, -0.05) is 49.4 Å². The molecule has 0 aliphatic heterocycles. The van der Waals surface area contributed by atoms with Crippen LogP contribution in [0.15, 0.2) is 42.5 Å². The van der Waals surface area contributed by atoms with Crippen molar-refractivity contribution in [2.75, 3.05) is 0 Å². The molecule has 0 aliphatic carbocycles. The van der Waals surface area contributed by atoms with Crippen LogP contribution >= 0.6 is 12.2 Å². The molecule has 0 heterocycles. The maximum atomic E-state index is 12.0. The fourth-order valence-electron chi connectivity index (χ4n) is 2.24. The van der Waals surface area contributed by atoms with Crippen LogP contribution in [0.3, 0.4) is 0 Å². The molecule has 0 aliphatic rings. The van der Waals surface area contributed by atoms with Gasteiger partial charge in [0, 0.05) is 6.42 Å². The largest absolute Gasteiger partial charge is 0.302 e. The highest BCUT2D eigenvalue weighted by Crippen LogP contribution is 2.18. The highest BCUT2D eigenvalue weighted by atomic mass is 32.1. The van der Waals surface area contributed by atoms with Crippen LogP contribution in [0, 0.1) is 0 Å². The molecule has 0 spiro atoms. The summed E-state index contributed by atoms with van der Waals surface area (Å²) in [7, 11) is 0. The predicted molar refractivity (Wildman–Crippen MR) is 94.6 cm³/mol. The Bertz CT molecular complexity index is 725. The third-order valence-corrected chi connectivity index (χ3v) is 3.48. The highest BCUT2D eigenvalue weighted by molar-refractivity contribution is 7.80. The van der Waals surface area contributed by atoms with E-state index in [0.717, 1.165) is 22.8 Å². The molecular formula is C17H19N3O2S. The summed E-state index contributed by atoms with van der Waals surface area (Å²) in [4.78, 5) is 23.4. The van der Waals surface area contributed by atoms with E-state index in [2.05, 4.69) is 16.2 Å². The number of rotatable bonds is 4. The lowest BCUT2D eigenvalue weighted by molar-refractivity contribution is -0.122. The minimum Gasteiger partial charge on any atom is -0.302 e. The zero-order chi connectivity index (χ0) is 16.7. The molecule has 0 aromatic heterocycles. The molecule has 0 fully saturated rings. The minimum absolute atomic E-state index is 0.0923. The van der Waals surface area contributed by atoms with Gasteiger partial charge in [-0.25, -0.2) is 0 Å². The van der Waals surface area contributed by atoms with E-state index in [1.54, 1.807) is 0 Å². The molecule has 0 unspecified atom stereocenters. The van der Waals surface area contributed by atoms with Crippen LogP contribution in [0.1, 0.15) is 25.3 Å². The average Bonchev–Trinajstić information content (AvgIpc) is 2.53. The Hall–Kier alpha value is -2.47. The van der Waals surface area contributed by atoms with Gasteiger partial charge in [-0.15, -0.1) is 0 Å². The molecule has 120 valence electrons. The van der Waals surface area contributed by atoms with Gasteiger partial charge in [0.1, 0.15) is 0 Å². The summed E-state index contributed by atoms with van der Waals surface area (Å²) in [5.41, 5.74) is 5.97. The average molecular weight is 329 g/mol. The van der Waals surface area contributed by atoms with Gasteiger partial charge in [-0.3, -0.25) is 20.4 Å². The first kappa shape index (κ1) is 16.9. The van der Waals surface area contributed by atoms with E-state index in [9.17, 15) is 9.59 Å². The van der Waals surface area contributed by atoms with Crippen LogP contribution in [0.2, 0.25) is 0 Å². The number of amides is 2. The van der Waals surface area contributed by atoms with Gasteiger partial charge in [-0.2, -0.15) is 0 Å². The second-order valence-corrected chi connectivity index (χ2v) is 5.52. The Labute approximate surface area is 140 Å². The normalized spacial score (nSPS) is 10.1. The topological polar surface area (TPSA) is 70.2 Å². The molecule has 2 aromatic rings. The lowest BCUT2D eigenvalue weighted by Gasteiger charge is -2.11. The van der Waals surface area contributed by atoms with Crippen molar-refractivity contribution in [3.8, 4) is 0 Å². The molecule has 23 heavy (non-hydrogen) atoms. The summed E-state index contributed by atoms with van der Waals surface area (Å²) in [6, 6.07) is 13.8. The van der Waals surface area contributed by atoms with Crippen LogP contribution < -0.4 is 16.2 Å². The van der Waals surface area contributed by atoms with Gasteiger partial charge in [-0.05, 0) is 35.0 Å². The van der Waals surface area contributed by atoms with Gasteiger partial charge < -0.3 is 5.32 Å². The zero-order valence-corrected chi connectivity index (χ0v) is 13.7. The quantitative estimate of drug-likeness (QED) is 0.594. The molecule has 2 aromatic carbocycles. The number of thiocarbonyl (C=S) groups is 1. The van der Waals surface area contributed by atoms with Crippen LogP contribution in [0.5, 0.6) is 0 Å². The lowest BCUT2D eigenvalue weighted by Crippen LogP contribution is -2.48. The summed E-state index contributed by atoms with van der Waals surface area (Å²) in [5, 5.41) is 4.72. The highest BCUT2D eigenvalue weighted by Gasteiger charge is 2.08. The Kier molecular flexibility index (Phi) is 6.05. The summed E-state index contributed by atoms with van der Waals surface area (Å²) < 4.78 is 0. The van der Waals surface area contributed by atoms with Crippen molar-refractivity contribution in [2.24, 2.45) is 0 Å². The third-order valence-electron chi connectivity index (χ3n) is 3.28. The number of benzene rings is 2. The minimum atomic E-state index is -0.228. The molecule has 0 atom stereocenters. The summed E-state index contributed by atoms with van der Waals surface area (Å²) in [6.45, 7) is 1.90. The lowest BCUT2D eigenvalue weighted by atomic mass is 10.0. The SMILES string of the molecule is CCCC(=O)NC(=S)NNC(=O)Cc1cccc2ccccc12. The second-order valence-electron chi connectivity index (χ2n) is 5.12. The Balaban J connectivity index is 1.89. The van der Waals surface area contributed by atoms with Crippen molar-refractivity contribution >= 4 is 39.9 Å². The van der Waals surface area contributed by atoms with Crippen molar-refractivity contribution in [2.45, 2.75) is 26.2 Å². The van der Waals surface area contributed by atoms with E-state index in [4.69, 9.17) is 12.2 Å². The molecular weight excluding hydrogens is 310 g/mol. The summed E-state index contributed by atoms with van der Waals surface area (Å²) >= 11 is 4.95. The number of carbonyl (C=O) groups excluding carboxylic acids is 2. The van der Waals surface area contributed by atoms with E-state index in [0.29, 0.717) is 6.42 Å². The van der Waals surface area contributed by atoms with Crippen LogP contribution in [0.25, 0.3) is 10.8 Å². The van der Waals surface area contributed by atoms with Crippen LogP contribution in [-0.4, -0.2) is 16.9 Å². The summed E-state index contributed by atoms with van der Waals surface area (Å²) in [5.74, 6) is -0.401. The fourth-order valence-corrected chi connectivity index (χ4v) is 2.40. The molecule has 0 radical (unpaired) electrons. The van der Waals surface area contributed by atoms with E-state index in [-0.39, 0.29) is 23.3 Å². The monoisotopic (exact) mass is 329 g/mol. The maximum absolute atomic E-state index is 12.0. The van der Waals surface area contributed by atoms with Crippen molar-refractivity contribution in [3.63, 3.8) is 0 Å². The molecule has 2 rings (SSSR count). The third kappa shape index (κ3) is 5.03. The number of fused-ring (bicyclic) bond motifs is 1. The molecule has 0 saturated heterocycles. The first-order valence-electron chi connectivity index (χ1n) is 7.45. The van der Waals surface area contributed by atoms with E-state index >= 15 is 0 Å². The van der Waals surface area contributed by atoms with Crippen LogP contribution in [0.4, 0.5) is 0 Å². The molecule has 0 saturated carbocycles. The Morgan fingerprint density at radius 3 is 2.52 bits per heavy atom. The van der Waals surface area contributed by atoms with Crippen molar-refractivity contribution < 1.29 is 9.59 Å². The number of hydrogen-bond acceptors (Lipinski definition) is 3. The Morgan fingerprint density at radius 2 is 1.74 bits per heavy atom. The summed E-state index contributed by atoms with van der Waals surface area (Å²) in [6.07, 6.45) is 1.35. The van der Waals surface area contributed by atoms with Gasteiger partial charge >= 0.3 is 0 Å². The van der Waals surface area contributed by atoms with Crippen LogP contribution in [-0.2, 0) is 16.0 Å². The molecule has 2 amide bonds. The number of hydrogen-bond donors (Lipinski definition) is 3. The van der Waals surface area contributed by atoms with Gasteiger partial charge in [0.2, 0.25) is 11.8 Å². The van der Waals surface area contributed by atoms with Crippen molar-refractivity contribution in [3.05, 3.63) is 48.0 Å².